The minimum Gasteiger partial charge on any atom is -0.488 e. The summed E-state index contributed by atoms with van der Waals surface area (Å²) >= 11 is 6.70. The summed E-state index contributed by atoms with van der Waals surface area (Å²) in [4.78, 5) is 15.2. The first kappa shape index (κ1) is 22.1. The van der Waals surface area contributed by atoms with Gasteiger partial charge >= 0.3 is 5.97 Å². The number of hydrogen-bond donors (Lipinski definition) is 1. The van der Waals surface area contributed by atoms with Crippen LogP contribution in [0.15, 0.2) is 24.4 Å². The number of ether oxygens (including phenoxy) is 1. The highest BCUT2D eigenvalue weighted by molar-refractivity contribution is 7.06. The highest BCUT2D eigenvalue weighted by Crippen LogP contribution is 2.32. The standard InChI is InChI=1S/C21H19ClF2N2O3S/c1-11-12(2)17(5-3-13(11)4-6-19(27)28)29-10-15-18(8-23)30-26-20(15)21-16(24)7-14(22)9-25-21/h3,5,7,9H,4,6,8,10H2,1-2H3,(H,27,28). The van der Waals surface area contributed by atoms with Gasteiger partial charge < -0.3 is 9.84 Å². The van der Waals surface area contributed by atoms with E-state index in [1.165, 1.54) is 6.20 Å². The van der Waals surface area contributed by atoms with Crippen LogP contribution in [0.2, 0.25) is 5.02 Å². The van der Waals surface area contributed by atoms with Gasteiger partial charge in [-0.2, -0.15) is 4.37 Å². The van der Waals surface area contributed by atoms with E-state index < -0.39 is 18.5 Å². The van der Waals surface area contributed by atoms with Crippen molar-refractivity contribution < 1.29 is 23.4 Å². The van der Waals surface area contributed by atoms with Gasteiger partial charge in [0.15, 0.2) is 5.82 Å². The fourth-order valence-electron chi connectivity index (χ4n) is 3.04. The fraction of sp³-hybridized carbons (Fsp3) is 0.286. The van der Waals surface area contributed by atoms with Crippen LogP contribution in [0.5, 0.6) is 5.75 Å². The van der Waals surface area contributed by atoms with E-state index in [0.717, 1.165) is 34.3 Å². The maximum absolute atomic E-state index is 14.3. The van der Waals surface area contributed by atoms with Crippen LogP contribution in [0.4, 0.5) is 8.78 Å². The molecule has 0 saturated heterocycles. The minimum absolute atomic E-state index is 0.00845. The van der Waals surface area contributed by atoms with Crippen LogP contribution in [0.1, 0.15) is 33.6 Å². The maximum Gasteiger partial charge on any atom is 0.303 e. The molecule has 0 saturated carbocycles. The smallest absolute Gasteiger partial charge is 0.303 e. The minimum atomic E-state index is -0.855. The lowest BCUT2D eigenvalue weighted by molar-refractivity contribution is -0.136. The average Bonchev–Trinajstić information content (AvgIpc) is 3.11. The molecule has 0 spiro atoms. The van der Waals surface area contributed by atoms with Crippen molar-refractivity contribution in [2.24, 2.45) is 0 Å². The van der Waals surface area contributed by atoms with Gasteiger partial charge in [-0.15, -0.1) is 0 Å². The molecule has 3 aromatic rings. The fourth-order valence-corrected chi connectivity index (χ4v) is 3.90. The number of aryl methyl sites for hydroxylation is 1. The number of aliphatic carboxylic acids is 1. The quantitative estimate of drug-likeness (QED) is 0.476. The Morgan fingerprint density at radius 1 is 1.27 bits per heavy atom. The zero-order valence-corrected chi connectivity index (χ0v) is 17.9. The Morgan fingerprint density at radius 3 is 2.70 bits per heavy atom. The van der Waals surface area contributed by atoms with Crippen LogP contribution >= 0.6 is 23.1 Å². The Balaban J connectivity index is 1.86. The molecular weight excluding hydrogens is 434 g/mol. The van der Waals surface area contributed by atoms with Crippen LogP contribution in [0.3, 0.4) is 0 Å². The Morgan fingerprint density at radius 2 is 2.03 bits per heavy atom. The number of carbonyl (C=O) groups is 1. The maximum atomic E-state index is 14.3. The first-order valence-corrected chi connectivity index (χ1v) is 10.3. The van der Waals surface area contributed by atoms with Gasteiger partial charge in [0.2, 0.25) is 0 Å². The third-order valence-corrected chi connectivity index (χ3v) is 5.91. The van der Waals surface area contributed by atoms with Crippen LogP contribution in [0, 0.1) is 19.7 Å². The summed E-state index contributed by atoms with van der Waals surface area (Å²) in [6, 6.07) is 4.71. The number of pyridine rings is 1. The van der Waals surface area contributed by atoms with Crippen molar-refractivity contribution in [2.75, 3.05) is 0 Å². The lowest BCUT2D eigenvalue weighted by atomic mass is 9.99. The predicted octanol–water partition coefficient (Wildman–Crippen LogP) is 5.68. The molecule has 0 atom stereocenters. The summed E-state index contributed by atoms with van der Waals surface area (Å²) in [6.45, 7) is 3.01. The summed E-state index contributed by atoms with van der Waals surface area (Å²) < 4.78 is 37.9. The van der Waals surface area contributed by atoms with Crippen LogP contribution in [-0.2, 0) is 24.5 Å². The number of carboxylic acids is 1. The number of carboxylic acid groups (broad SMARTS) is 1. The van der Waals surface area contributed by atoms with Crippen molar-refractivity contribution in [2.45, 2.75) is 40.0 Å². The van der Waals surface area contributed by atoms with Crippen molar-refractivity contribution in [3.63, 3.8) is 0 Å². The van der Waals surface area contributed by atoms with E-state index in [1.807, 2.05) is 19.9 Å². The Kier molecular flexibility index (Phi) is 6.99. The Labute approximate surface area is 181 Å². The lowest BCUT2D eigenvalue weighted by Gasteiger charge is -2.15. The van der Waals surface area contributed by atoms with E-state index in [-0.39, 0.29) is 29.4 Å². The van der Waals surface area contributed by atoms with Gasteiger partial charge in [0.05, 0.1) is 9.90 Å². The number of hydrogen-bond acceptors (Lipinski definition) is 5. The molecule has 158 valence electrons. The molecule has 1 aromatic carbocycles. The molecule has 2 aromatic heterocycles. The van der Waals surface area contributed by atoms with Gasteiger partial charge in [-0.3, -0.25) is 4.79 Å². The molecule has 0 aliphatic rings. The molecule has 9 heteroatoms. The average molecular weight is 453 g/mol. The Hall–Kier alpha value is -2.58. The number of nitrogens with zero attached hydrogens (tertiary/aromatic N) is 2. The summed E-state index contributed by atoms with van der Waals surface area (Å²) in [7, 11) is 0. The lowest BCUT2D eigenvalue weighted by Crippen LogP contribution is -2.04. The SMILES string of the molecule is Cc1c(CCC(=O)O)ccc(OCc2c(-c3ncc(Cl)cc3F)nsc2CF)c1C. The van der Waals surface area contributed by atoms with Gasteiger partial charge in [0.25, 0.3) is 0 Å². The van der Waals surface area contributed by atoms with Crippen molar-refractivity contribution in [1.82, 2.24) is 9.36 Å². The van der Waals surface area contributed by atoms with Crippen LogP contribution < -0.4 is 4.74 Å². The van der Waals surface area contributed by atoms with Crippen molar-refractivity contribution in [3.8, 4) is 17.1 Å². The molecule has 5 nitrogen and oxygen atoms in total. The number of alkyl halides is 1. The number of rotatable bonds is 8. The Bertz CT molecular complexity index is 1090. The zero-order chi connectivity index (χ0) is 21.8. The van der Waals surface area contributed by atoms with Crippen LogP contribution in [0.25, 0.3) is 11.4 Å². The topological polar surface area (TPSA) is 72.3 Å². The molecule has 0 radical (unpaired) electrons. The van der Waals surface area contributed by atoms with Gasteiger partial charge in [-0.05, 0) is 60.6 Å². The largest absolute Gasteiger partial charge is 0.488 e. The summed E-state index contributed by atoms with van der Waals surface area (Å²) in [5.41, 5.74) is 3.38. The van der Waals surface area contributed by atoms with E-state index in [9.17, 15) is 13.6 Å². The molecular formula is C21H19ClF2N2O3S. The predicted molar refractivity (Wildman–Crippen MR) is 111 cm³/mol. The van der Waals surface area contributed by atoms with Crippen molar-refractivity contribution in [1.29, 1.82) is 0 Å². The number of aromatic nitrogens is 2. The van der Waals surface area contributed by atoms with Gasteiger partial charge in [0.1, 0.15) is 30.4 Å². The second-order valence-electron chi connectivity index (χ2n) is 6.71. The molecule has 0 aliphatic carbocycles. The number of benzene rings is 1. The molecule has 0 amide bonds. The van der Waals surface area contributed by atoms with Crippen molar-refractivity contribution >= 4 is 29.1 Å². The highest BCUT2D eigenvalue weighted by Gasteiger charge is 2.21. The molecule has 0 unspecified atom stereocenters. The molecule has 0 fully saturated rings. The number of halogens is 3. The van der Waals surface area contributed by atoms with Gasteiger partial charge in [-0.25, -0.2) is 13.8 Å². The molecule has 0 bridgehead atoms. The van der Waals surface area contributed by atoms with E-state index in [1.54, 1.807) is 6.07 Å². The van der Waals surface area contributed by atoms with E-state index in [4.69, 9.17) is 21.4 Å². The summed E-state index contributed by atoms with van der Waals surface area (Å²) in [5.74, 6) is -0.918. The second kappa shape index (κ2) is 9.49. The van der Waals surface area contributed by atoms with E-state index in [0.29, 0.717) is 22.6 Å². The molecule has 0 aliphatic heterocycles. The highest BCUT2D eigenvalue weighted by atomic mass is 35.5. The zero-order valence-electron chi connectivity index (χ0n) is 16.3. The normalized spacial score (nSPS) is 11.0. The van der Waals surface area contributed by atoms with Gasteiger partial charge in [0, 0.05) is 18.2 Å². The molecule has 30 heavy (non-hydrogen) atoms. The first-order chi connectivity index (χ1) is 14.3. The molecule has 1 N–H and O–H groups in total. The van der Waals surface area contributed by atoms with Crippen molar-refractivity contribution in [3.05, 3.63) is 62.4 Å². The summed E-state index contributed by atoms with van der Waals surface area (Å²) in [5, 5.41) is 9.04. The third kappa shape index (κ3) is 4.76. The molecule has 3 rings (SSSR count). The second-order valence-corrected chi connectivity index (χ2v) is 8.00. The van der Waals surface area contributed by atoms with Gasteiger partial charge in [-0.1, -0.05) is 17.7 Å². The first-order valence-electron chi connectivity index (χ1n) is 9.10. The van der Waals surface area contributed by atoms with Crippen LogP contribution in [-0.4, -0.2) is 20.4 Å². The monoisotopic (exact) mass is 452 g/mol. The summed E-state index contributed by atoms with van der Waals surface area (Å²) in [6.07, 6.45) is 1.78. The van der Waals surface area contributed by atoms with E-state index in [2.05, 4.69) is 9.36 Å². The van der Waals surface area contributed by atoms with E-state index >= 15 is 0 Å². The third-order valence-electron chi connectivity index (χ3n) is 4.85. The molecule has 2 heterocycles.